The van der Waals surface area contributed by atoms with Crippen LogP contribution in [0.25, 0.3) is 21.2 Å². The Bertz CT molecular complexity index is 2870. The lowest BCUT2D eigenvalue weighted by atomic mass is 9.79. The number of carboxylic acids is 2. The maximum Gasteiger partial charge on any atom is 0.349 e. The van der Waals surface area contributed by atoms with Crippen LogP contribution in [0.3, 0.4) is 0 Å². The number of imide groups is 1. The summed E-state index contributed by atoms with van der Waals surface area (Å²) in [7, 11) is 0. The molecule has 4 aromatic carbocycles. The van der Waals surface area contributed by atoms with Crippen LogP contribution in [0, 0.1) is 5.92 Å². The molecule has 5 atom stereocenters. The molecule has 0 saturated carbocycles. The van der Waals surface area contributed by atoms with Crippen LogP contribution in [0.15, 0.2) is 90.5 Å². The normalized spacial score (nSPS) is 20.2. The van der Waals surface area contributed by atoms with E-state index in [-0.39, 0.29) is 52.3 Å². The Hall–Kier alpha value is -6.40. The first-order valence-electron chi connectivity index (χ1n) is 22.5. The van der Waals surface area contributed by atoms with Crippen molar-refractivity contribution in [2.24, 2.45) is 5.92 Å². The van der Waals surface area contributed by atoms with Crippen LogP contribution in [0.4, 0.5) is 17.1 Å². The molecule has 6 N–H and O–H groups in total. The van der Waals surface area contributed by atoms with E-state index in [0.717, 1.165) is 64.2 Å². The van der Waals surface area contributed by atoms with Gasteiger partial charge in [-0.3, -0.25) is 29.4 Å². The summed E-state index contributed by atoms with van der Waals surface area (Å²) in [5.41, 5.74) is 7.32. The Morgan fingerprint density at radius 3 is 2.59 bits per heavy atom. The van der Waals surface area contributed by atoms with E-state index in [1.54, 1.807) is 6.07 Å². The van der Waals surface area contributed by atoms with E-state index in [9.17, 15) is 33.9 Å². The molecule has 2 bridgehead atoms. The molecule has 5 aliphatic rings. The Balaban J connectivity index is 0.825. The molecule has 0 radical (unpaired) electrons. The van der Waals surface area contributed by atoms with Gasteiger partial charge in [0.2, 0.25) is 18.2 Å². The molecule has 5 heterocycles. The highest BCUT2D eigenvalue weighted by Gasteiger charge is 2.42. The molecule has 18 heteroatoms. The predicted octanol–water partition coefficient (Wildman–Crippen LogP) is 8.15. The molecule has 68 heavy (non-hydrogen) atoms. The van der Waals surface area contributed by atoms with Crippen LogP contribution in [0.1, 0.15) is 76.1 Å². The summed E-state index contributed by atoms with van der Waals surface area (Å²) in [6.45, 7) is 3.50. The van der Waals surface area contributed by atoms with Gasteiger partial charge < -0.3 is 30.9 Å². The Kier molecular flexibility index (Phi) is 13.8. The molecular formula is C50H49ClN6O9S2. The number of fused-ring (bicyclic) bond motifs is 3. The zero-order valence-corrected chi connectivity index (χ0v) is 39.3. The number of rotatable bonds is 20. The lowest BCUT2D eigenvalue weighted by molar-refractivity contribution is -0.139. The Morgan fingerprint density at radius 1 is 1.01 bits per heavy atom. The number of hydrogen-bond acceptors (Lipinski definition) is 12. The van der Waals surface area contributed by atoms with E-state index < -0.39 is 30.5 Å². The number of amides is 4. The van der Waals surface area contributed by atoms with E-state index in [1.807, 2.05) is 60.5 Å². The minimum atomic E-state index is -1.25. The largest absolute Gasteiger partial charge is 0.479 e. The number of nitrogens with one attached hydrogen (secondary N) is 4. The highest BCUT2D eigenvalue weighted by molar-refractivity contribution is 7.96. The fourth-order valence-electron chi connectivity index (χ4n) is 9.96. The monoisotopic (exact) mass is 976 g/mol. The van der Waals surface area contributed by atoms with Gasteiger partial charge in [0.15, 0.2) is 17.2 Å². The SMILES string of the molecule is CC1C=C2CN(SCc3cccc(NCCC(CCNC=O)c4ccc5c6c(cccc46)C(=O)N5C4CCC(=O)NC4=O)c3)C1CC2Nc1cccc(-c2sc(C(=O)O)c(OCC(=O)O)c2Cl)c1. The summed E-state index contributed by atoms with van der Waals surface area (Å²) < 4.78 is 7.76. The fraction of sp³-hybridized carbons (Fsp3) is 0.320. The zero-order chi connectivity index (χ0) is 47.6. The van der Waals surface area contributed by atoms with E-state index >= 15 is 0 Å². The number of thiophene rings is 1. The van der Waals surface area contributed by atoms with Gasteiger partial charge in [0.05, 0.1) is 16.6 Å². The van der Waals surface area contributed by atoms with Crippen molar-refractivity contribution in [3.05, 3.63) is 117 Å². The molecule has 15 nitrogen and oxygen atoms in total. The zero-order valence-electron chi connectivity index (χ0n) is 37.0. The number of halogens is 1. The maximum absolute atomic E-state index is 13.8. The number of carbonyl (C=O) groups excluding carboxylic acids is 4. The third-order valence-corrected chi connectivity index (χ3v) is 16.0. The molecule has 1 aliphatic carbocycles. The predicted molar refractivity (Wildman–Crippen MR) is 264 cm³/mol. The first-order chi connectivity index (χ1) is 32.9. The lowest BCUT2D eigenvalue weighted by Gasteiger charge is -2.47. The van der Waals surface area contributed by atoms with Gasteiger partial charge in [-0.15, -0.1) is 11.3 Å². The van der Waals surface area contributed by atoms with Gasteiger partial charge in [-0.1, -0.05) is 79.0 Å². The summed E-state index contributed by atoms with van der Waals surface area (Å²) in [6, 6.07) is 25.3. The van der Waals surface area contributed by atoms with Gasteiger partial charge in [0, 0.05) is 60.2 Å². The van der Waals surface area contributed by atoms with Gasteiger partial charge in [-0.05, 0) is 102 Å². The quantitative estimate of drug-likeness (QED) is 0.0143. The first kappa shape index (κ1) is 46.7. The third-order valence-electron chi connectivity index (χ3n) is 13.1. The standard InChI is InChI=1S/C50H49ClN6O9S2/c1-27-19-31-23-56(40(27)22-37(31)54-33-8-3-6-30(21-33)46-44(51)45(66-24-42(60)61)47(68-46)50(64)65)67-25-28-5-2-7-32(20-28)53-18-16-29(15-17-52-26-58)34-11-12-38-43-35(34)9-4-10-36(43)49(63)57(38)39-13-14-41(59)55-48(39)62/h2-12,19-21,26-27,29,37,39-40,53-54H,13-18,22-25H2,1H3,(H,52,58)(H,60,61)(H,64,65)(H,55,59,62). The summed E-state index contributed by atoms with van der Waals surface area (Å²) in [5.74, 6) is -2.48. The molecule has 2 saturated heterocycles. The highest BCUT2D eigenvalue weighted by Crippen LogP contribution is 2.47. The van der Waals surface area contributed by atoms with E-state index in [2.05, 4.69) is 62.8 Å². The molecule has 4 aliphatic heterocycles. The van der Waals surface area contributed by atoms with Crippen molar-refractivity contribution in [3.8, 4) is 16.2 Å². The number of anilines is 3. The van der Waals surface area contributed by atoms with Gasteiger partial charge in [-0.25, -0.2) is 13.9 Å². The van der Waals surface area contributed by atoms with Crippen LogP contribution in [0.2, 0.25) is 5.02 Å². The number of aliphatic carboxylic acids is 1. The number of hydrogen-bond donors (Lipinski definition) is 6. The van der Waals surface area contributed by atoms with E-state index in [4.69, 9.17) is 21.4 Å². The van der Waals surface area contributed by atoms with E-state index in [0.29, 0.717) is 59.6 Å². The van der Waals surface area contributed by atoms with Crippen molar-refractivity contribution in [3.63, 3.8) is 0 Å². The molecule has 5 unspecified atom stereocenters. The average Bonchev–Trinajstić information content (AvgIpc) is 3.81. The summed E-state index contributed by atoms with van der Waals surface area (Å²) in [5, 5.41) is 33.2. The fourth-order valence-corrected chi connectivity index (χ4v) is 12.6. The van der Waals surface area contributed by atoms with Gasteiger partial charge >= 0.3 is 11.9 Å². The Morgan fingerprint density at radius 2 is 1.81 bits per heavy atom. The molecule has 4 amide bonds. The molecular weight excluding hydrogens is 928 g/mol. The summed E-state index contributed by atoms with van der Waals surface area (Å²) in [4.78, 5) is 74.8. The number of ether oxygens (including phenoxy) is 1. The smallest absolute Gasteiger partial charge is 0.349 e. The number of benzene rings is 4. The van der Waals surface area contributed by atoms with Gasteiger partial charge in [-0.2, -0.15) is 0 Å². The number of piperidine rings is 2. The van der Waals surface area contributed by atoms with Crippen LogP contribution < -0.4 is 30.9 Å². The molecule has 10 rings (SSSR count). The van der Waals surface area contributed by atoms with Crippen LogP contribution in [0.5, 0.6) is 5.75 Å². The van der Waals surface area contributed by atoms with Crippen molar-refractivity contribution in [1.29, 1.82) is 0 Å². The lowest BCUT2D eigenvalue weighted by Crippen LogP contribution is -2.53. The van der Waals surface area contributed by atoms with Gasteiger partial charge in [0.1, 0.15) is 11.1 Å². The molecule has 2 fully saturated rings. The Labute approximate surface area is 405 Å². The van der Waals surface area contributed by atoms with Crippen molar-refractivity contribution in [2.45, 2.75) is 68.8 Å². The molecule has 352 valence electrons. The third kappa shape index (κ3) is 9.52. The number of aromatic carboxylic acids is 1. The second-order valence-corrected chi connectivity index (χ2v) is 19.9. The topological polar surface area (TPSA) is 207 Å². The number of carboxylic acid groups (broad SMARTS) is 2. The molecule has 1 aromatic heterocycles. The summed E-state index contributed by atoms with van der Waals surface area (Å²) in [6.07, 6.45) is 5.84. The molecule has 5 aromatic rings. The van der Waals surface area contributed by atoms with E-state index in [1.165, 1.54) is 16.0 Å². The van der Waals surface area contributed by atoms with Crippen LogP contribution in [-0.2, 0) is 24.9 Å². The highest BCUT2D eigenvalue weighted by atomic mass is 35.5. The van der Waals surface area contributed by atoms with Crippen molar-refractivity contribution in [2.75, 3.05) is 41.8 Å². The van der Waals surface area contributed by atoms with Crippen LogP contribution >= 0.6 is 34.9 Å². The van der Waals surface area contributed by atoms with Crippen molar-refractivity contribution < 1.29 is 43.7 Å². The second kappa shape index (κ2) is 20.1. The minimum Gasteiger partial charge on any atom is -0.479 e. The first-order valence-corrected chi connectivity index (χ1v) is 24.6. The second-order valence-electron chi connectivity index (χ2n) is 17.4. The number of nitrogens with zero attached hydrogens (tertiary/aromatic N) is 2. The average molecular weight is 978 g/mol. The number of carbonyl (C=O) groups is 6. The van der Waals surface area contributed by atoms with Crippen LogP contribution in [-0.4, -0.2) is 95.0 Å². The van der Waals surface area contributed by atoms with Crippen molar-refractivity contribution in [1.82, 2.24) is 14.9 Å². The summed E-state index contributed by atoms with van der Waals surface area (Å²) >= 11 is 9.36. The molecule has 0 spiro atoms. The maximum atomic E-state index is 13.8. The minimum absolute atomic E-state index is 0.0394. The van der Waals surface area contributed by atoms with Gasteiger partial charge in [0.25, 0.3) is 5.91 Å². The van der Waals surface area contributed by atoms with Crippen molar-refractivity contribution >= 4 is 98.8 Å².